The number of thiazole rings is 1. The number of hydrogen-bond donors (Lipinski definition) is 0. The molecule has 2 aromatic carbocycles. The Morgan fingerprint density at radius 1 is 1.10 bits per heavy atom. The quantitative estimate of drug-likeness (QED) is 0.662. The van der Waals surface area contributed by atoms with Crippen molar-refractivity contribution in [1.82, 2.24) is 4.57 Å². The molecule has 0 N–H and O–H groups in total. The summed E-state index contributed by atoms with van der Waals surface area (Å²) in [6, 6.07) is 13.0. The van der Waals surface area contributed by atoms with Gasteiger partial charge < -0.3 is 14.2 Å². The smallest absolute Gasteiger partial charge is 0.308 e. The standard InChI is InChI=1S/C21H18N2O5S/c1-22-20-19(29-21(22)25)15(12-6-7-16-17(8-12)28-11-27-16)10-18(24)23(20)13-4-3-5-14(9-13)26-2/h3-9,15H,10-11H2,1-2H3/t15-/m0/s1. The van der Waals surface area contributed by atoms with Crippen molar-refractivity contribution in [2.24, 2.45) is 7.05 Å². The van der Waals surface area contributed by atoms with Crippen LogP contribution in [0.1, 0.15) is 22.8 Å². The molecule has 0 radical (unpaired) electrons. The summed E-state index contributed by atoms with van der Waals surface area (Å²) >= 11 is 1.17. The number of carbonyl (C=O) groups excluding carboxylic acids is 1. The van der Waals surface area contributed by atoms with Crippen molar-refractivity contribution in [1.29, 1.82) is 0 Å². The van der Waals surface area contributed by atoms with Crippen molar-refractivity contribution in [3.63, 3.8) is 0 Å². The van der Waals surface area contributed by atoms with Crippen LogP contribution in [0.25, 0.3) is 0 Å². The highest BCUT2D eigenvalue weighted by Crippen LogP contribution is 2.46. The minimum absolute atomic E-state index is 0.0816. The molecule has 0 aliphatic carbocycles. The third-order valence-electron chi connectivity index (χ3n) is 5.28. The van der Waals surface area contributed by atoms with Crippen LogP contribution < -0.4 is 24.0 Å². The topological polar surface area (TPSA) is 70.0 Å². The molecule has 29 heavy (non-hydrogen) atoms. The first-order valence-corrected chi connectivity index (χ1v) is 9.94. The highest BCUT2D eigenvalue weighted by atomic mass is 32.1. The van der Waals surface area contributed by atoms with E-state index in [1.165, 1.54) is 15.9 Å². The molecule has 1 atom stereocenters. The Balaban J connectivity index is 1.65. The number of methoxy groups -OCH3 is 1. The van der Waals surface area contributed by atoms with Crippen molar-refractivity contribution >= 4 is 28.7 Å². The molecule has 0 saturated heterocycles. The van der Waals surface area contributed by atoms with Gasteiger partial charge in [0.15, 0.2) is 11.5 Å². The van der Waals surface area contributed by atoms with Gasteiger partial charge in [-0.15, -0.1) is 0 Å². The average Bonchev–Trinajstić information content (AvgIpc) is 3.32. The largest absolute Gasteiger partial charge is 0.497 e. The Kier molecular flexibility index (Phi) is 4.09. The van der Waals surface area contributed by atoms with E-state index in [-0.39, 0.29) is 29.9 Å². The fraction of sp³-hybridized carbons (Fsp3) is 0.238. The number of nitrogens with zero attached hydrogens (tertiary/aromatic N) is 2. The number of rotatable bonds is 3. The van der Waals surface area contributed by atoms with Crippen molar-refractivity contribution < 1.29 is 19.0 Å². The molecule has 8 heteroatoms. The van der Waals surface area contributed by atoms with Crippen molar-refractivity contribution in [2.75, 3.05) is 18.8 Å². The maximum Gasteiger partial charge on any atom is 0.308 e. The van der Waals surface area contributed by atoms with Crippen LogP contribution in [0.2, 0.25) is 0 Å². The number of ether oxygens (including phenoxy) is 3. The molecule has 0 saturated carbocycles. The summed E-state index contributed by atoms with van der Waals surface area (Å²) in [6.45, 7) is 0.190. The second-order valence-electron chi connectivity index (χ2n) is 6.91. The number of carbonyl (C=O) groups is 1. The molecule has 0 fully saturated rings. The van der Waals surface area contributed by atoms with Gasteiger partial charge in [-0.3, -0.25) is 19.1 Å². The highest BCUT2D eigenvalue weighted by Gasteiger charge is 2.38. The van der Waals surface area contributed by atoms with Gasteiger partial charge in [-0.1, -0.05) is 23.5 Å². The average molecular weight is 410 g/mol. The van der Waals surface area contributed by atoms with E-state index in [1.807, 2.05) is 36.4 Å². The monoisotopic (exact) mass is 410 g/mol. The fourth-order valence-corrected chi connectivity index (χ4v) is 4.93. The molecular weight excluding hydrogens is 392 g/mol. The van der Waals surface area contributed by atoms with Gasteiger partial charge >= 0.3 is 4.87 Å². The summed E-state index contributed by atoms with van der Waals surface area (Å²) < 4.78 is 17.7. The minimum Gasteiger partial charge on any atom is -0.497 e. The third-order valence-corrected chi connectivity index (χ3v) is 6.41. The Morgan fingerprint density at radius 2 is 1.93 bits per heavy atom. The van der Waals surface area contributed by atoms with Crippen LogP contribution in [-0.2, 0) is 11.8 Å². The van der Waals surface area contributed by atoms with Crippen LogP contribution in [0.3, 0.4) is 0 Å². The van der Waals surface area contributed by atoms with Gasteiger partial charge in [0.25, 0.3) is 0 Å². The number of benzene rings is 2. The molecule has 5 rings (SSSR count). The van der Waals surface area contributed by atoms with E-state index >= 15 is 0 Å². The maximum atomic E-state index is 13.3. The van der Waals surface area contributed by atoms with E-state index in [0.717, 1.165) is 10.4 Å². The zero-order valence-electron chi connectivity index (χ0n) is 15.9. The predicted molar refractivity (Wildman–Crippen MR) is 109 cm³/mol. The van der Waals surface area contributed by atoms with Crippen LogP contribution in [0.15, 0.2) is 47.3 Å². The van der Waals surface area contributed by atoms with Gasteiger partial charge in [-0.05, 0) is 29.8 Å². The Morgan fingerprint density at radius 3 is 2.76 bits per heavy atom. The van der Waals surface area contributed by atoms with Crippen LogP contribution in [0.4, 0.5) is 11.5 Å². The van der Waals surface area contributed by atoms with Gasteiger partial charge in [0.2, 0.25) is 12.7 Å². The Hall–Kier alpha value is -3.26. The molecule has 0 unspecified atom stereocenters. The first kappa shape index (κ1) is 17.8. The minimum atomic E-state index is -0.215. The summed E-state index contributed by atoms with van der Waals surface area (Å²) in [5.74, 6) is 2.31. The van der Waals surface area contributed by atoms with E-state index in [0.29, 0.717) is 28.8 Å². The fourth-order valence-electron chi connectivity index (χ4n) is 3.84. The van der Waals surface area contributed by atoms with E-state index in [1.54, 1.807) is 25.1 Å². The maximum absolute atomic E-state index is 13.3. The summed E-state index contributed by atoms with van der Waals surface area (Å²) in [7, 11) is 3.28. The number of amides is 1. The molecule has 0 bridgehead atoms. The zero-order valence-corrected chi connectivity index (χ0v) is 16.7. The highest BCUT2D eigenvalue weighted by molar-refractivity contribution is 7.10. The normalized spacial score (nSPS) is 17.4. The lowest BCUT2D eigenvalue weighted by atomic mass is 9.90. The summed E-state index contributed by atoms with van der Waals surface area (Å²) in [5.41, 5.74) is 1.60. The van der Waals surface area contributed by atoms with Gasteiger partial charge in [0.1, 0.15) is 11.6 Å². The molecular formula is C21H18N2O5S. The van der Waals surface area contributed by atoms with Crippen LogP contribution >= 0.6 is 11.3 Å². The second-order valence-corrected chi connectivity index (χ2v) is 7.91. The number of anilines is 2. The summed E-state index contributed by atoms with van der Waals surface area (Å²) in [5, 5.41) is 0. The van der Waals surface area contributed by atoms with Crippen LogP contribution in [0, 0.1) is 0 Å². The molecule has 1 amide bonds. The molecule has 2 aliphatic heterocycles. The van der Waals surface area contributed by atoms with Gasteiger partial charge in [-0.2, -0.15) is 0 Å². The summed E-state index contributed by atoms with van der Waals surface area (Å²) in [4.78, 5) is 28.2. The number of fused-ring (bicyclic) bond motifs is 2. The molecule has 3 aromatic rings. The van der Waals surface area contributed by atoms with Gasteiger partial charge in [0.05, 0.1) is 17.7 Å². The van der Waals surface area contributed by atoms with Crippen LogP contribution in [0.5, 0.6) is 17.2 Å². The van der Waals surface area contributed by atoms with E-state index in [2.05, 4.69) is 0 Å². The van der Waals surface area contributed by atoms with Gasteiger partial charge in [0, 0.05) is 25.5 Å². The first-order chi connectivity index (χ1) is 14.1. The van der Waals surface area contributed by atoms with Crippen LogP contribution in [-0.4, -0.2) is 24.4 Å². The first-order valence-electron chi connectivity index (χ1n) is 9.13. The van der Waals surface area contributed by atoms with Crippen molar-refractivity contribution in [2.45, 2.75) is 12.3 Å². The molecule has 3 heterocycles. The SMILES string of the molecule is COc1cccc(N2C(=O)C[C@@H](c3ccc4c(c3)OCO4)c3sc(=O)n(C)c32)c1. The van der Waals surface area contributed by atoms with E-state index in [9.17, 15) is 9.59 Å². The van der Waals surface area contributed by atoms with Crippen molar-refractivity contribution in [3.05, 3.63) is 62.6 Å². The Labute approximate surface area is 170 Å². The van der Waals surface area contributed by atoms with E-state index in [4.69, 9.17) is 14.2 Å². The number of aromatic nitrogens is 1. The lowest BCUT2D eigenvalue weighted by Gasteiger charge is -2.32. The van der Waals surface area contributed by atoms with E-state index < -0.39 is 0 Å². The lowest BCUT2D eigenvalue weighted by molar-refractivity contribution is -0.118. The zero-order chi connectivity index (χ0) is 20.1. The molecule has 148 valence electrons. The lowest BCUT2D eigenvalue weighted by Crippen LogP contribution is -2.34. The molecule has 0 spiro atoms. The molecule has 2 aliphatic rings. The Bertz CT molecular complexity index is 1180. The molecule has 7 nitrogen and oxygen atoms in total. The predicted octanol–water partition coefficient (Wildman–Crippen LogP) is 3.38. The van der Waals surface area contributed by atoms with Gasteiger partial charge in [-0.25, -0.2) is 0 Å². The second kappa shape index (κ2) is 6.66. The number of hydrogen-bond acceptors (Lipinski definition) is 6. The third kappa shape index (κ3) is 2.79. The summed E-state index contributed by atoms with van der Waals surface area (Å²) in [6.07, 6.45) is 0.254. The van der Waals surface area contributed by atoms with Crippen molar-refractivity contribution in [3.8, 4) is 17.2 Å². The molecule has 1 aromatic heterocycles.